The lowest BCUT2D eigenvalue weighted by Gasteiger charge is -2.44. The Balaban J connectivity index is 2.43. The van der Waals surface area contributed by atoms with Gasteiger partial charge < -0.3 is 78.5 Å². The lowest BCUT2D eigenvalue weighted by atomic mass is 9.96. The Morgan fingerprint density at radius 2 is 1.19 bits per heavy atom. The van der Waals surface area contributed by atoms with Gasteiger partial charge in [0.25, 0.3) is 0 Å². The molecule has 0 aromatic heterocycles. The van der Waals surface area contributed by atoms with Crippen LogP contribution < -0.4 is 21.3 Å². The standard InChI is InChI=1S/C38H64N4O20/c1-6-52-11-12-53-15-17-56-23-31(47)39-10-8-7-9-29(37(51)40-21-33(49)50)42-32(48)24-57-18-16-54-13-14-55-19-20-58-38-34(41-25(2)43)36(61-28(5)46)35(60-27(4)45)30(62-38)22-59-26(3)44/h29-30,34-36,38H,6-24H2,1-5H3,(H,39,47)(H,40,51)(H,41,43)(H,42,48)(H,49,50)/t29?,30-,34-,35+,36-,38-/m1/s1. The van der Waals surface area contributed by atoms with Crippen molar-refractivity contribution in [1.29, 1.82) is 0 Å². The molecule has 5 N–H and O–H groups in total. The van der Waals surface area contributed by atoms with Gasteiger partial charge in [0, 0.05) is 40.8 Å². The van der Waals surface area contributed by atoms with E-state index in [4.69, 9.17) is 57.2 Å². The molecule has 0 aliphatic carbocycles. The summed E-state index contributed by atoms with van der Waals surface area (Å²) in [5, 5.41) is 19.0. The average Bonchev–Trinajstić information content (AvgIpc) is 3.20. The van der Waals surface area contributed by atoms with Gasteiger partial charge in [0.15, 0.2) is 18.5 Å². The molecule has 1 fully saturated rings. The monoisotopic (exact) mass is 896 g/mol. The van der Waals surface area contributed by atoms with Gasteiger partial charge >= 0.3 is 23.9 Å². The molecule has 1 aliphatic heterocycles. The van der Waals surface area contributed by atoms with Gasteiger partial charge in [-0.1, -0.05) is 0 Å². The Labute approximate surface area is 360 Å². The van der Waals surface area contributed by atoms with Gasteiger partial charge in [0.1, 0.15) is 44.6 Å². The Hall–Kier alpha value is -4.56. The summed E-state index contributed by atoms with van der Waals surface area (Å²) in [7, 11) is 0. The van der Waals surface area contributed by atoms with Gasteiger partial charge in [-0.25, -0.2) is 0 Å². The molecule has 0 saturated carbocycles. The molecule has 0 spiro atoms. The van der Waals surface area contributed by atoms with E-state index >= 15 is 0 Å². The number of ether oxygens (including phenoxy) is 11. The molecule has 4 amide bonds. The Morgan fingerprint density at radius 3 is 1.74 bits per heavy atom. The van der Waals surface area contributed by atoms with Gasteiger partial charge in [-0.2, -0.15) is 0 Å². The number of carboxylic acid groups (broad SMARTS) is 1. The molecule has 1 unspecified atom stereocenters. The summed E-state index contributed by atoms with van der Waals surface area (Å²) >= 11 is 0. The fourth-order valence-corrected chi connectivity index (χ4v) is 5.45. The van der Waals surface area contributed by atoms with Crippen molar-refractivity contribution in [2.75, 3.05) is 106 Å². The molecule has 0 aromatic carbocycles. The first-order valence-corrected chi connectivity index (χ1v) is 20.2. The predicted octanol–water partition coefficient (Wildman–Crippen LogP) is -2.25. The fraction of sp³-hybridized carbons (Fsp3) is 0.789. The smallest absolute Gasteiger partial charge is 0.322 e. The third kappa shape index (κ3) is 27.4. The highest BCUT2D eigenvalue weighted by Gasteiger charge is 2.51. The minimum atomic E-state index is -1.26. The molecule has 1 heterocycles. The third-order valence-electron chi connectivity index (χ3n) is 8.05. The lowest BCUT2D eigenvalue weighted by Crippen LogP contribution is -2.66. The largest absolute Gasteiger partial charge is 0.480 e. The second-order valence-corrected chi connectivity index (χ2v) is 13.3. The van der Waals surface area contributed by atoms with E-state index < -0.39 is 91.4 Å². The van der Waals surface area contributed by atoms with E-state index in [1.165, 1.54) is 13.8 Å². The Kier molecular flexibility index (Phi) is 30.4. The quantitative estimate of drug-likeness (QED) is 0.0255. The maximum atomic E-state index is 12.6. The Morgan fingerprint density at radius 1 is 0.645 bits per heavy atom. The van der Waals surface area contributed by atoms with E-state index in [1.54, 1.807) is 0 Å². The van der Waals surface area contributed by atoms with Crippen LogP contribution in [0.25, 0.3) is 0 Å². The number of unbranched alkanes of at least 4 members (excludes halogenated alkanes) is 1. The van der Waals surface area contributed by atoms with Gasteiger partial charge in [-0.3, -0.25) is 38.4 Å². The van der Waals surface area contributed by atoms with Crippen LogP contribution in [0.3, 0.4) is 0 Å². The van der Waals surface area contributed by atoms with Gasteiger partial charge in [-0.05, 0) is 26.2 Å². The van der Waals surface area contributed by atoms with E-state index in [0.29, 0.717) is 45.8 Å². The fourth-order valence-electron chi connectivity index (χ4n) is 5.45. The van der Waals surface area contributed by atoms with Crippen molar-refractivity contribution in [3.8, 4) is 0 Å². The van der Waals surface area contributed by atoms with Gasteiger partial charge in [0.05, 0.1) is 66.1 Å². The second-order valence-electron chi connectivity index (χ2n) is 13.3. The number of carbonyl (C=O) groups is 8. The van der Waals surface area contributed by atoms with Crippen molar-refractivity contribution < 1.29 is 95.6 Å². The zero-order valence-electron chi connectivity index (χ0n) is 36.1. The number of carboxylic acids is 1. The highest BCUT2D eigenvalue weighted by molar-refractivity contribution is 5.89. The first-order valence-electron chi connectivity index (χ1n) is 20.2. The van der Waals surface area contributed by atoms with Crippen molar-refractivity contribution in [2.45, 2.75) is 90.6 Å². The predicted molar refractivity (Wildman–Crippen MR) is 210 cm³/mol. The van der Waals surface area contributed by atoms with E-state index in [9.17, 15) is 38.4 Å². The lowest BCUT2D eigenvalue weighted by molar-refractivity contribution is -0.279. The van der Waals surface area contributed by atoms with E-state index in [1.807, 2.05) is 6.92 Å². The number of esters is 3. The summed E-state index contributed by atoms with van der Waals surface area (Å²) in [4.78, 5) is 95.5. The molecule has 356 valence electrons. The minimum Gasteiger partial charge on any atom is -0.480 e. The number of hydrogen-bond donors (Lipinski definition) is 5. The topological polar surface area (TPSA) is 306 Å². The maximum absolute atomic E-state index is 12.6. The highest BCUT2D eigenvalue weighted by Crippen LogP contribution is 2.28. The summed E-state index contributed by atoms with van der Waals surface area (Å²) in [6, 6.07) is -2.16. The number of nitrogens with one attached hydrogen (secondary N) is 4. The van der Waals surface area contributed by atoms with Crippen LogP contribution in [0.2, 0.25) is 0 Å². The highest BCUT2D eigenvalue weighted by atomic mass is 16.7. The van der Waals surface area contributed by atoms with Crippen molar-refractivity contribution in [3.63, 3.8) is 0 Å². The molecular weight excluding hydrogens is 832 g/mol. The van der Waals surface area contributed by atoms with Crippen molar-refractivity contribution in [3.05, 3.63) is 0 Å². The van der Waals surface area contributed by atoms with Crippen molar-refractivity contribution in [1.82, 2.24) is 21.3 Å². The zero-order chi connectivity index (χ0) is 46.1. The summed E-state index contributed by atoms with van der Waals surface area (Å²) in [6.07, 6.45) is -3.81. The van der Waals surface area contributed by atoms with E-state index in [2.05, 4.69) is 21.3 Å². The number of carbonyl (C=O) groups excluding carboxylic acids is 7. The van der Waals surface area contributed by atoms with Gasteiger partial charge in [-0.15, -0.1) is 0 Å². The molecule has 0 bridgehead atoms. The molecule has 24 nitrogen and oxygen atoms in total. The summed E-state index contributed by atoms with van der Waals surface area (Å²) in [5.41, 5.74) is 0. The number of hydrogen-bond acceptors (Lipinski definition) is 19. The minimum absolute atomic E-state index is 0.0205. The normalized spacial score (nSPS) is 18.8. The molecule has 1 saturated heterocycles. The summed E-state index contributed by atoms with van der Waals surface area (Å²) < 4.78 is 59.6. The van der Waals surface area contributed by atoms with Crippen molar-refractivity contribution in [2.24, 2.45) is 0 Å². The molecule has 62 heavy (non-hydrogen) atoms. The van der Waals surface area contributed by atoms with Crippen LogP contribution in [0.5, 0.6) is 0 Å². The van der Waals surface area contributed by atoms with Crippen LogP contribution in [-0.4, -0.2) is 195 Å². The molecule has 1 aliphatic rings. The van der Waals surface area contributed by atoms with Crippen LogP contribution in [0.1, 0.15) is 53.9 Å². The molecule has 6 atom stereocenters. The average molecular weight is 897 g/mol. The van der Waals surface area contributed by atoms with E-state index in [0.717, 1.165) is 13.8 Å². The Bertz CT molecular complexity index is 1370. The van der Waals surface area contributed by atoms with Crippen LogP contribution >= 0.6 is 0 Å². The molecule has 0 radical (unpaired) electrons. The maximum Gasteiger partial charge on any atom is 0.322 e. The van der Waals surface area contributed by atoms with Crippen LogP contribution in [0, 0.1) is 0 Å². The molecule has 24 heteroatoms. The summed E-state index contributed by atoms with van der Waals surface area (Å²) in [6.45, 7) is 7.71. The number of amides is 4. The molecular formula is C38H64N4O20. The molecule has 1 rings (SSSR count). The summed E-state index contributed by atoms with van der Waals surface area (Å²) in [5.74, 6) is -5.51. The number of rotatable bonds is 35. The van der Waals surface area contributed by atoms with Crippen LogP contribution in [0.4, 0.5) is 0 Å². The van der Waals surface area contributed by atoms with Crippen LogP contribution in [0.15, 0.2) is 0 Å². The zero-order valence-corrected chi connectivity index (χ0v) is 36.1. The third-order valence-corrected chi connectivity index (χ3v) is 8.05. The first kappa shape index (κ1) is 55.5. The number of aliphatic carboxylic acids is 1. The van der Waals surface area contributed by atoms with Gasteiger partial charge in [0.2, 0.25) is 23.6 Å². The van der Waals surface area contributed by atoms with Crippen molar-refractivity contribution >= 4 is 47.5 Å². The molecule has 0 aromatic rings. The first-order chi connectivity index (χ1) is 29.6. The van der Waals surface area contributed by atoms with Crippen LogP contribution in [-0.2, 0) is 90.5 Å². The SMILES string of the molecule is CCOCCOCCOCC(=O)NCCCCC(NC(=O)COCCOCCOCCO[C@@H]1O[C@H](COC(C)=O)[C@H](OC(C)=O)[C@H](OC(C)=O)[C@H]1NC(C)=O)C(=O)NCC(=O)O. The van der Waals surface area contributed by atoms with E-state index in [-0.39, 0.29) is 71.8 Å². The second kappa shape index (κ2) is 34.0.